The van der Waals surface area contributed by atoms with Crippen molar-refractivity contribution in [2.45, 2.75) is 26.2 Å². The Morgan fingerprint density at radius 1 is 1.24 bits per heavy atom. The predicted molar refractivity (Wildman–Crippen MR) is 73.1 cm³/mol. The van der Waals surface area contributed by atoms with E-state index in [1.807, 2.05) is 24.4 Å². The van der Waals surface area contributed by atoms with Gasteiger partial charge < -0.3 is 0 Å². The van der Waals surface area contributed by atoms with Crippen LogP contribution in [0.1, 0.15) is 36.8 Å². The average Bonchev–Trinajstić information content (AvgIpc) is 2.29. The van der Waals surface area contributed by atoms with E-state index < -0.39 is 0 Å². The Balaban J connectivity index is 2.21. The van der Waals surface area contributed by atoms with E-state index in [1.165, 1.54) is 5.56 Å². The van der Waals surface area contributed by atoms with Crippen molar-refractivity contribution in [3.63, 3.8) is 0 Å². The smallest absolute Gasteiger partial charge is 0.132 e. The highest BCUT2D eigenvalue weighted by molar-refractivity contribution is 9.10. The minimum atomic E-state index is 0.444. The van der Waals surface area contributed by atoms with Gasteiger partial charge in [0, 0.05) is 22.8 Å². The maximum absolute atomic E-state index is 4.57. The van der Waals surface area contributed by atoms with Crippen LogP contribution in [0.2, 0.25) is 0 Å². The van der Waals surface area contributed by atoms with E-state index in [1.54, 1.807) is 0 Å². The third kappa shape index (κ3) is 3.37. The summed E-state index contributed by atoms with van der Waals surface area (Å²) in [5, 5.41) is 0. The van der Waals surface area contributed by atoms with Gasteiger partial charge >= 0.3 is 0 Å². The molecule has 0 spiro atoms. The van der Waals surface area contributed by atoms with Crippen LogP contribution in [0.25, 0.3) is 0 Å². The monoisotopic (exact) mass is 290 g/mol. The minimum absolute atomic E-state index is 0.444. The number of nitrogens with zero attached hydrogens (tertiary/aromatic N) is 2. The fourth-order valence-corrected chi connectivity index (χ4v) is 2.10. The molecule has 2 nitrogen and oxygen atoms in total. The Labute approximate surface area is 110 Å². The molecule has 1 aromatic heterocycles. The third-order valence-electron chi connectivity index (χ3n) is 2.57. The summed E-state index contributed by atoms with van der Waals surface area (Å²) in [6.07, 6.45) is 2.62. The van der Waals surface area contributed by atoms with Gasteiger partial charge in [0.05, 0.1) is 0 Å². The first-order valence-corrected chi connectivity index (χ1v) is 6.50. The Bertz CT molecular complexity index is 509. The summed E-state index contributed by atoms with van der Waals surface area (Å²) in [4.78, 5) is 8.89. The molecule has 3 heteroatoms. The Morgan fingerprint density at radius 3 is 2.76 bits per heavy atom. The molecule has 0 saturated heterocycles. The van der Waals surface area contributed by atoms with Crippen LogP contribution >= 0.6 is 15.9 Å². The molecule has 0 amide bonds. The Kier molecular flexibility index (Phi) is 3.89. The molecule has 0 saturated carbocycles. The molecule has 0 atom stereocenters. The van der Waals surface area contributed by atoms with Crippen molar-refractivity contribution in [1.82, 2.24) is 9.97 Å². The molecule has 0 unspecified atom stereocenters. The lowest BCUT2D eigenvalue weighted by Gasteiger charge is -2.06. The van der Waals surface area contributed by atoms with Crippen LogP contribution in [0, 0.1) is 0 Å². The van der Waals surface area contributed by atoms with Gasteiger partial charge in [-0.15, -0.1) is 0 Å². The van der Waals surface area contributed by atoms with Crippen molar-refractivity contribution in [2.24, 2.45) is 0 Å². The van der Waals surface area contributed by atoms with Gasteiger partial charge in [-0.25, -0.2) is 9.97 Å². The molecular formula is C14H15BrN2. The van der Waals surface area contributed by atoms with Crippen LogP contribution in [0.4, 0.5) is 0 Å². The summed E-state index contributed by atoms with van der Waals surface area (Å²) in [5.41, 5.74) is 2.32. The van der Waals surface area contributed by atoms with Crippen molar-refractivity contribution in [3.05, 3.63) is 58.1 Å². The van der Waals surface area contributed by atoms with Crippen molar-refractivity contribution in [2.75, 3.05) is 0 Å². The average molecular weight is 291 g/mol. The highest BCUT2D eigenvalue weighted by atomic mass is 79.9. The van der Waals surface area contributed by atoms with Crippen LogP contribution < -0.4 is 0 Å². The standard InChI is InChI=1S/C14H15BrN2/c1-10(2)13-6-7-16-14(17-13)9-11-4-3-5-12(15)8-11/h3-8,10H,9H2,1-2H3. The molecule has 2 rings (SSSR count). The van der Waals surface area contributed by atoms with Gasteiger partial charge in [-0.05, 0) is 29.7 Å². The van der Waals surface area contributed by atoms with E-state index in [0.29, 0.717) is 5.92 Å². The maximum atomic E-state index is 4.57. The fourth-order valence-electron chi connectivity index (χ4n) is 1.65. The Morgan fingerprint density at radius 2 is 2.06 bits per heavy atom. The van der Waals surface area contributed by atoms with E-state index in [4.69, 9.17) is 0 Å². The second-order valence-electron chi connectivity index (χ2n) is 4.36. The number of hydrogen-bond donors (Lipinski definition) is 0. The van der Waals surface area contributed by atoms with Gasteiger partial charge in [-0.1, -0.05) is 41.9 Å². The number of hydrogen-bond acceptors (Lipinski definition) is 2. The largest absolute Gasteiger partial charge is 0.241 e. The fraction of sp³-hybridized carbons (Fsp3) is 0.286. The van der Waals surface area contributed by atoms with Crippen LogP contribution in [0.5, 0.6) is 0 Å². The molecule has 1 aromatic carbocycles. The molecule has 2 aromatic rings. The number of benzene rings is 1. The minimum Gasteiger partial charge on any atom is -0.241 e. The molecule has 0 aliphatic carbocycles. The van der Waals surface area contributed by atoms with Crippen molar-refractivity contribution >= 4 is 15.9 Å². The van der Waals surface area contributed by atoms with Gasteiger partial charge in [0.2, 0.25) is 0 Å². The van der Waals surface area contributed by atoms with E-state index in [0.717, 1.165) is 22.4 Å². The normalized spacial score (nSPS) is 10.8. The quantitative estimate of drug-likeness (QED) is 0.855. The zero-order valence-corrected chi connectivity index (χ0v) is 11.6. The van der Waals surface area contributed by atoms with Crippen molar-refractivity contribution in [1.29, 1.82) is 0 Å². The third-order valence-corrected chi connectivity index (χ3v) is 3.06. The van der Waals surface area contributed by atoms with Gasteiger partial charge in [0.1, 0.15) is 5.82 Å². The lowest BCUT2D eigenvalue weighted by Crippen LogP contribution is -2.01. The van der Waals surface area contributed by atoms with E-state index in [9.17, 15) is 0 Å². The first-order chi connectivity index (χ1) is 8.15. The number of rotatable bonds is 3. The van der Waals surface area contributed by atoms with Crippen molar-refractivity contribution < 1.29 is 0 Å². The summed E-state index contributed by atoms with van der Waals surface area (Å²) in [5.74, 6) is 1.33. The van der Waals surface area contributed by atoms with Crippen LogP contribution in [-0.2, 0) is 6.42 Å². The molecule has 88 valence electrons. The van der Waals surface area contributed by atoms with Gasteiger partial charge in [-0.3, -0.25) is 0 Å². The molecule has 0 N–H and O–H groups in total. The lowest BCUT2D eigenvalue weighted by molar-refractivity contribution is 0.791. The lowest BCUT2D eigenvalue weighted by atomic mass is 10.1. The molecule has 0 radical (unpaired) electrons. The van der Waals surface area contributed by atoms with E-state index in [2.05, 4.69) is 51.9 Å². The highest BCUT2D eigenvalue weighted by Gasteiger charge is 2.04. The number of halogens is 1. The van der Waals surface area contributed by atoms with Crippen LogP contribution in [0.3, 0.4) is 0 Å². The molecule has 0 aliphatic rings. The second kappa shape index (κ2) is 5.41. The SMILES string of the molecule is CC(C)c1ccnc(Cc2cccc(Br)c2)n1. The summed E-state index contributed by atoms with van der Waals surface area (Å²) in [7, 11) is 0. The van der Waals surface area contributed by atoms with Gasteiger partial charge in [-0.2, -0.15) is 0 Å². The van der Waals surface area contributed by atoms with Gasteiger partial charge in [0.15, 0.2) is 0 Å². The highest BCUT2D eigenvalue weighted by Crippen LogP contribution is 2.15. The summed E-state index contributed by atoms with van der Waals surface area (Å²) in [6.45, 7) is 4.29. The molecule has 17 heavy (non-hydrogen) atoms. The zero-order valence-electron chi connectivity index (χ0n) is 10.0. The molecule has 0 fully saturated rings. The summed E-state index contributed by atoms with van der Waals surface area (Å²) >= 11 is 3.47. The maximum Gasteiger partial charge on any atom is 0.132 e. The molecule has 0 bridgehead atoms. The first-order valence-electron chi connectivity index (χ1n) is 5.71. The topological polar surface area (TPSA) is 25.8 Å². The van der Waals surface area contributed by atoms with Crippen LogP contribution in [-0.4, -0.2) is 9.97 Å². The van der Waals surface area contributed by atoms with Gasteiger partial charge in [0.25, 0.3) is 0 Å². The predicted octanol–water partition coefficient (Wildman–Crippen LogP) is 3.95. The molecule has 1 heterocycles. The first kappa shape index (κ1) is 12.2. The van der Waals surface area contributed by atoms with E-state index in [-0.39, 0.29) is 0 Å². The Hall–Kier alpha value is -1.22. The summed E-state index contributed by atoms with van der Waals surface area (Å²) < 4.78 is 1.09. The zero-order chi connectivity index (χ0) is 12.3. The molecular weight excluding hydrogens is 276 g/mol. The second-order valence-corrected chi connectivity index (χ2v) is 5.27. The van der Waals surface area contributed by atoms with Crippen molar-refractivity contribution in [3.8, 4) is 0 Å². The van der Waals surface area contributed by atoms with E-state index >= 15 is 0 Å². The van der Waals surface area contributed by atoms with Crippen LogP contribution in [0.15, 0.2) is 41.0 Å². The summed E-state index contributed by atoms with van der Waals surface area (Å²) in [6, 6.07) is 10.2. The molecule has 0 aliphatic heterocycles. The number of aromatic nitrogens is 2.